The minimum Gasteiger partial charge on any atom is -0.342 e. The van der Waals surface area contributed by atoms with Crippen LogP contribution in [0.5, 0.6) is 0 Å². The summed E-state index contributed by atoms with van der Waals surface area (Å²) in [6.07, 6.45) is 5.53. The largest absolute Gasteiger partial charge is 0.342 e. The molecule has 0 radical (unpaired) electrons. The summed E-state index contributed by atoms with van der Waals surface area (Å²) < 4.78 is 0. The van der Waals surface area contributed by atoms with E-state index < -0.39 is 0 Å². The van der Waals surface area contributed by atoms with Crippen LogP contribution >= 0.6 is 11.3 Å². The maximum absolute atomic E-state index is 12.4. The van der Waals surface area contributed by atoms with Crippen LogP contribution in [0, 0.1) is 6.92 Å². The zero-order chi connectivity index (χ0) is 17.2. The summed E-state index contributed by atoms with van der Waals surface area (Å²) in [6.45, 7) is 3.65. The van der Waals surface area contributed by atoms with Gasteiger partial charge >= 0.3 is 0 Å². The van der Waals surface area contributed by atoms with Gasteiger partial charge in [0.2, 0.25) is 5.91 Å². The van der Waals surface area contributed by atoms with Crippen molar-refractivity contribution >= 4 is 34.4 Å². The number of aryl methyl sites for hydroxylation is 1. The molecule has 4 nitrogen and oxygen atoms in total. The standard InChI is InChI=1S/C20H21N3OS/c1-14-6-7-16(25-14)8-9-19(24)23-12-10-15(11-13-23)20-21-17-4-2-3-5-18(17)22-20/h2-9,15H,10-13H2,1H3,(H,21,22)/b9-8+. The molecule has 0 atom stereocenters. The highest BCUT2D eigenvalue weighted by Crippen LogP contribution is 2.28. The Kier molecular flexibility index (Phi) is 4.40. The number of benzene rings is 1. The van der Waals surface area contributed by atoms with E-state index in [0.717, 1.165) is 47.7 Å². The molecule has 0 spiro atoms. The molecule has 3 aromatic rings. The molecule has 128 valence electrons. The predicted molar refractivity (Wildman–Crippen MR) is 103 cm³/mol. The number of fused-ring (bicyclic) bond motifs is 1. The Labute approximate surface area is 151 Å². The van der Waals surface area contributed by atoms with Crippen LogP contribution in [0.4, 0.5) is 0 Å². The van der Waals surface area contributed by atoms with E-state index in [4.69, 9.17) is 4.98 Å². The molecular weight excluding hydrogens is 330 g/mol. The Hall–Kier alpha value is -2.40. The van der Waals surface area contributed by atoms with Crippen molar-refractivity contribution in [1.29, 1.82) is 0 Å². The second-order valence-corrected chi connectivity index (χ2v) is 7.84. The first-order chi connectivity index (χ1) is 12.2. The van der Waals surface area contributed by atoms with Crippen LogP contribution in [-0.2, 0) is 4.79 Å². The summed E-state index contributed by atoms with van der Waals surface area (Å²) in [5.41, 5.74) is 2.11. The molecular formula is C20H21N3OS. The van der Waals surface area contributed by atoms with Gasteiger partial charge in [0.15, 0.2) is 0 Å². The Morgan fingerprint density at radius 1 is 1.24 bits per heavy atom. The van der Waals surface area contributed by atoms with Crippen molar-refractivity contribution in [2.45, 2.75) is 25.7 Å². The van der Waals surface area contributed by atoms with Crippen molar-refractivity contribution < 1.29 is 4.79 Å². The maximum atomic E-state index is 12.4. The average Bonchev–Trinajstić information content (AvgIpc) is 3.25. The molecule has 1 saturated heterocycles. The van der Waals surface area contributed by atoms with Gasteiger partial charge in [-0.15, -0.1) is 11.3 Å². The number of H-pyrrole nitrogens is 1. The smallest absolute Gasteiger partial charge is 0.246 e. The van der Waals surface area contributed by atoms with Crippen molar-refractivity contribution in [3.8, 4) is 0 Å². The van der Waals surface area contributed by atoms with E-state index >= 15 is 0 Å². The molecule has 4 rings (SSSR count). The lowest BCUT2D eigenvalue weighted by atomic mass is 9.96. The van der Waals surface area contributed by atoms with Gasteiger partial charge in [-0.2, -0.15) is 0 Å². The molecule has 1 amide bonds. The third kappa shape index (κ3) is 3.51. The number of amides is 1. The minimum absolute atomic E-state index is 0.106. The van der Waals surface area contributed by atoms with Crippen molar-refractivity contribution in [2.24, 2.45) is 0 Å². The van der Waals surface area contributed by atoms with Crippen molar-refractivity contribution in [3.63, 3.8) is 0 Å². The third-order valence-electron chi connectivity index (χ3n) is 4.75. The number of carbonyl (C=O) groups is 1. The number of thiophene rings is 1. The van der Waals surface area contributed by atoms with Gasteiger partial charge in [-0.3, -0.25) is 4.79 Å². The highest BCUT2D eigenvalue weighted by Gasteiger charge is 2.24. The molecule has 1 aliphatic heterocycles. The number of hydrogen-bond acceptors (Lipinski definition) is 3. The number of nitrogens with one attached hydrogen (secondary N) is 1. The monoisotopic (exact) mass is 351 g/mol. The van der Waals surface area contributed by atoms with Gasteiger partial charge in [-0.1, -0.05) is 12.1 Å². The normalized spacial score (nSPS) is 16.1. The molecule has 2 aromatic heterocycles. The molecule has 1 aliphatic rings. The zero-order valence-electron chi connectivity index (χ0n) is 14.2. The summed E-state index contributed by atoms with van der Waals surface area (Å²) >= 11 is 1.71. The molecule has 3 heterocycles. The number of carbonyl (C=O) groups excluding carboxylic acids is 1. The fraction of sp³-hybridized carbons (Fsp3) is 0.300. The van der Waals surface area contributed by atoms with Crippen LogP contribution in [0.15, 0.2) is 42.5 Å². The zero-order valence-corrected chi connectivity index (χ0v) is 15.1. The molecule has 1 aromatic carbocycles. The van der Waals surface area contributed by atoms with Gasteiger partial charge in [-0.05, 0) is 50.1 Å². The number of rotatable bonds is 3. The first kappa shape index (κ1) is 16.1. The summed E-state index contributed by atoms with van der Waals surface area (Å²) in [5.74, 6) is 1.56. The average molecular weight is 351 g/mol. The van der Waals surface area contributed by atoms with E-state index in [2.05, 4.69) is 30.1 Å². The minimum atomic E-state index is 0.106. The Morgan fingerprint density at radius 2 is 2.04 bits per heavy atom. The molecule has 5 heteroatoms. The van der Waals surface area contributed by atoms with Gasteiger partial charge in [0.25, 0.3) is 0 Å². The summed E-state index contributed by atoms with van der Waals surface area (Å²) in [4.78, 5) is 24.9. The predicted octanol–water partition coefficient (Wildman–Crippen LogP) is 4.35. The molecule has 0 aliphatic carbocycles. The van der Waals surface area contributed by atoms with Crippen LogP contribution in [0.3, 0.4) is 0 Å². The number of imidazole rings is 1. The molecule has 0 unspecified atom stereocenters. The van der Waals surface area contributed by atoms with Crippen LogP contribution < -0.4 is 0 Å². The highest BCUT2D eigenvalue weighted by atomic mass is 32.1. The molecule has 1 fully saturated rings. The van der Waals surface area contributed by atoms with Crippen LogP contribution in [0.1, 0.15) is 34.3 Å². The molecule has 0 bridgehead atoms. The highest BCUT2D eigenvalue weighted by molar-refractivity contribution is 7.12. The number of piperidine rings is 1. The SMILES string of the molecule is Cc1ccc(/C=C/C(=O)N2CCC(c3nc4ccccc4[nH]3)CC2)s1. The molecule has 1 N–H and O–H groups in total. The number of aromatic amines is 1. The first-order valence-corrected chi connectivity index (χ1v) is 9.49. The van der Waals surface area contributed by atoms with E-state index in [1.54, 1.807) is 17.4 Å². The van der Waals surface area contributed by atoms with Gasteiger partial charge in [0.1, 0.15) is 5.82 Å². The van der Waals surface area contributed by atoms with Crippen LogP contribution in [-0.4, -0.2) is 33.9 Å². The van der Waals surface area contributed by atoms with Gasteiger partial charge in [-0.25, -0.2) is 4.98 Å². The van der Waals surface area contributed by atoms with Crippen molar-refractivity contribution in [2.75, 3.05) is 13.1 Å². The van der Waals surface area contributed by atoms with Crippen LogP contribution in [0.25, 0.3) is 17.1 Å². The number of likely N-dealkylation sites (tertiary alicyclic amines) is 1. The van der Waals surface area contributed by atoms with E-state index in [1.165, 1.54) is 4.88 Å². The topological polar surface area (TPSA) is 49.0 Å². The maximum Gasteiger partial charge on any atom is 0.246 e. The summed E-state index contributed by atoms with van der Waals surface area (Å²) in [6, 6.07) is 12.3. The fourth-order valence-corrected chi connectivity index (χ4v) is 4.12. The second kappa shape index (κ2) is 6.84. The van der Waals surface area contributed by atoms with E-state index in [-0.39, 0.29) is 5.91 Å². The summed E-state index contributed by atoms with van der Waals surface area (Å²) in [5, 5.41) is 0. The lowest BCUT2D eigenvalue weighted by Crippen LogP contribution is -2.37. The lowest BCUT2D eigenvalue weighted by molar-refractivity contribution is -0.127. The number of aromatic nitrogens is 2. The van der Waals surface area contributed by atoms with Crippen molar-refractivity contribution in [3.05, 3.63) is 58.1 Å². The van der Waals surface area contributed by atoms with Crippen molar-refractivity contribution in [1.82, 2.24) is 14.9 Å². The fourth-order valence-electron chi connectivity index (χ4n) is 3.34. The molecule has 25 heavy (non-hydrogen) atoms. The quantitative estimate of drug-likeness (QED) is 0.713. The number of para-hydroxylation sites is 2. The Bertz CT molecular complexity index is 883. The Balaban J connectivity index is 1.37. The van der Waals surface area contributed by atoms with Crippen LogP contribution in [0.2, 0.25) is 0 Å². The van der Waals surface area contributed by atoms with Gasteiger partial charge < -0.3 is 9.88 Å². The first-order valence-electron chi connectivity index (χ1n) is 8.67. The van der Waals surface area contributed by atoms with E-state index in [9.17, 15) is 4.79 Å². The summed E-state index contributed by atoms with van der Waals surface area (Å²) in [7, 11) is 0. The molecule has 0 saturated carbocycles. The number of nitrogens with zero attached hydrogens (tertiary/aromatic N) is 2. The van der Waals surface area contributed by atoms with E-state index in [0.29, 0.717) is 5.92 Å². The third-order valence-corrected chi connectivity index (χ3v) is 5.72. The lowest BCUT2D eigenvalue weighted by Gasteiger charge is -2.30. The number of hydrogen-bond donors (Lipinski definition) is 1. The van der Waals surface area contributed by atoms with Gasteiger partial charge in [0.05, 0.1) is 11.0 Å². The van der Waals surface area contributed by atoms with E-state index in [1.807, 2.05) is 29.2 Å². The second-order valence-electron chi connectivity index (χ2n) is 6.52. The Morgan fingerprint density at radius 3 is 2.76 bits per heavy atom. The van der Waals surface area contributed by atoms with Gasteiger partial charge in [0, 0.05) is 34.8 Å².